The first-order valence-corrected chi connectivity index (χ1v) is 6.66. The average molecular weight is 309 g/mol. The summed E-state index contributed by atoms with van der Waals surface area (Å²) in [5.74, 6) is 0.0917. The molecule has 2 aromatic heterocycles. The Labute approximate surface area is 130 Å². The third kappa shape index (κ3) is 3.05. The third-order valence-electron chi connectivity index (χ3n) is 3.10. The third-order valence-corrected chi connectivity index (χ3v) is 3.10. The first kappa shape index (κ1) is 14.4. The van der Waals surface area contributed by atoms with Crippen molar-refractivity contribution >= 4 is 17.3 Å². The number of anilines is 1. The van der Waals surface area contributed by atoms with Crippen molar-refractivity contribution in [3.05, 3.63) is 76.7 Å². The van der Waals surface area contributed by atoms with Gasteiger partial charge in [0.25, 0.3) is 11.6 Å². The fourth-order valence-corrected chi connectivity index (χ4v) is 2.00. The number of amides is 1. The maximum Gasteiger partial charge on any atom is 0.269 e. The molecule has 0 aliphatic rings. The summed E-state index contributed by atoms with van der Waals surface area (Å²) in [6.45, 7) is 0. The molecule has 0 atom stereocenters. The first-order chi connectivity index (χ1) is 11.1. The molecule has 0 saturated heterocycles. The van der Waals surface area contributed by atoms with E-state index in [4.69, 9.17) is 0 Å². The van der Waals surface area contributed by atoms with Crippen LogP contribution in [0, 0.1) is 10.1 Å². The Hall–Kier alpha value is -3.55. The van der Waals surface area contributed by atoms with E-state index in [1.54, 1.807) is 36.8 Å². The highest BCUT2D eigenvalue weighted by atomic mass is 16.6. The molecule has 0 aliphatic carbocycles. The Morgan fingerprint density at radius 1 is 1.13 bits per heavy atom. The zero-order chi connectivity index (χ0) is 16.2. The van der Waals surface area contributed by atoms with Crippen LogP contribution in [-0.2, 0) is 0 Å². The zero-order valence-electron chi connectivity index (χ0n) is 11.8. The van der Waals surface area contributed by atoms with E-state index in [2.05, 4.69) is 15.4 Å². The number of aromatic nitrogens is 3. The average Bonchev–Trinajstić information content (AvgIpc) is 3.09. The van der Waals surface area contributed by atoms with Crippen molar-refractivity contribution < 1.29 is 9.72 Å². The van der Waals surface area contributed by atoms with Gasteiger partial charge in [0, 0.05) is 36.3 Å². The molecule has 1 N–H and O–H groups in total. The first-order valence-electron chi connectivity index (χ1n) is 6.66. The van der Waals surface area contributed by atoms with Gasteiger partial charge < -0.3 is 5.32 Å². The van der Waals surface area contributed by atoms with Gasteiger partial charge in [0.2, 0.25) is 0 Å². The summed E-state index contributed by atoms with van der Waals surface area (Å²) in [5.41, 5.74) is 0.727. The van der Waals surface area contributed by atoms with Crippen molar-refractivity contribution in [2.45, 2.75) is 0 Å². The SMILES string of the molecule is O=C(Nc1cccnc1-n1cccn1)c1ccc([N+](=O)[O-])cc1. The summed E-state index contributed by atoms with van der Waals surface area (Å²) < 4.78 is 1.53. The van der Waals surface area contributed by atoms with Gasteiger partial charge in [-0.15, -0.1) is 0 Å². The van der Waals surface area contributed by atoms with Crippen molar-refractivity contribution in [3.8, 4) is 5.82 Å². The van der Waals surface area contributed by atoms with Crippen LogP contribution in [0.1, 0.15) is 10.4 Å². The summed E-state index contributed by atoms with van der Waals surface area (Å²) in [7, 11) is 0. The standard InChI is InChI=1S/C15H11N5O3/c21-15(11-4-6-12(7-5-11)20(22)23)18-13-3-1-8-16-14(13)19-10-2-9-17-19/h1-10H,(H,18,21). The maximum absolute atomic E-state index is 12.3. The Kier molecular flexibility index (Phi) is 3.79. The summed E-state index contributed by atoms with van der Waals surface area (Å²) in [6.07, 6.45) is 4.92. The number of carbonyl (C=O) groups excluding carboxylic acids is 1. The molecular weight excluding hydrogens is 298 g/mol. The number of nitro benzene ring substituents is 1. The molecule has 0 aliphatic heterocycles. The molecule has 0 fully saturated rings. The number of hydrogen-bond donors (Lipinski definition) is 1. The predicted molar refractivity (Wildman–Crippen MR) is 82.4 cm³/mol. The van der Waals surface area contributed by atoms with Crippen LogP contribution in [0.2, 0.25) is 0 Å². The monoisotopic (exact) mass is 309 g/mol. The fourth-order valence-electron chi connectivity index (χ4n) is 2.00. The van der Waals surface area contributed by atoms with E-state index in [1.165, 1.54) is 28.9 Å². The lowest BCUT2D eigenvalue weighted by Crippen LogP contribution is -2.14. The van der Waals surface area contributed by atoms with Crippen LogP contribution in [0.5, 0.6) is 0 Å². The highest BCUT2D eigenvalue weighted by Gasteiger charge is 2.13. The number of hydrogen-bond acceptors (Lipinski definition) is 5. The minimum atomic E-state index is -0.515. The maximum atomic E-state index is 12.3. The van der Waals surface area contributed by atoms with Crippen LogP contribution in [0.3, 0.4) is 0 Å². The second kappa shape index (κ2) is 6.06. The number of nitrogens with one attached hydrogen (secondary N) is 1. The van der Waals surface area contributed by atoms with Crippen molar-refractivity contribution in [3.63, 3.8) is 0 Å². The van der Waals surface area contributed by atoms with Gasteiger partial charge in [-0.05, 0) is 30.3 Å². The minimum absolute atomic E-state index is 0.0693. The van der Waals surface area contributed by atoms with E-state index < -0.39 is 4.92 Å². The Morgan fingerprint density at radius 2 is 1.91 bits per heavy atom. The highest BCUT2D eigenvalue weighted by molar-refractivity contribution is 6.05. The Balaban J connectivity index is 1.85. The lowest BCUT2D eigenvalue weighted by molar-refractivity contribution is -0.384. The smallest absolute Gasteiger partial charge is 0.269 e. The molecular formula is C15H11N5O3. The molecule has 114 valence electrons. The van der Waals surface area contributed by atoms with Crippen molar-refractivity contribution in [1.82, 2.24) is 14.8 Å². The summed E-state index contributed by atoms with van der Waals surface area (Å²) in [6, 6.07) is 10.5. The molecule has 0 bridgehead atoms. The second-order valence-corrected chi connectivity index (χ2v) is 4.58. The molecule has 23 heavy (non-hydrogen) atoms. The molecule has 0 spiro atoms. The molecule has 8 heteroatoms. The van der Waals surface area contributed by atoms with E-state index in [0.717, 1.165) is 0 Å². The van der Waals surface area contributed by atoms with Gasteiger partial charge in [-0.2, -0.15) is 5.10 Å². The molecule has 2 heterocycles. The second-order valence-electron chi connectivity index (χ2n) is 4.58. The molecule has 0 saturated carbocycles. The van der Waals surface area contributed by atoms with Crippen LogP contribution < -0.4 is 5.32 Å². The minimum Gasteiger partial charge on any atom is -0.319 e. The molecule has 1 aromatic carbocycles. The van der Waals surface area contributed by atoms with Gasteiger partial charge >= 0.3 is 0 Å². The lowest BCUT2D eigenvalue weighted by Gasteiger charge is -2.09. The van der Waals surface area contributed by atoms with Gasteiger partial charge in [0.1, 0.15) is 0 Å². The zero-order valence-corrected chi connectivity index (χ0v) is 11.8. The van der Waals surface area contributed by atoms with Crippen LogP contribution in [-0.4, -0.2) is 25.6 Å². The van der Waals surface area contributed by atoms with E-state index in [-0.39, 0.29) is 11.6 Å². The van der Waals surface area contributed by atoms with E-state index in [9.17, 15) is 14.9 Å². The largest absolute Gasteiger partial charge is 0.319 e. The molecule has 3 rings (SSSR count). The molecule has 8 nitrogen and oxygen atoms in total. The van der Waals surface area contributed by atoms with Gasteiger partial charge in [0.15, 0.2) is 5.82 Å². The Morgan fingerprint density at radius 3 is 2.57 bits per heavy atom. The summed E-state index contributed by atoms with van der Waals surface area (Å²) in [5, 5.41) is 17.5. The molecule has 0 radical (unpaired) electrons. The van der Waals surface area contributed by atoms with Crippen LogP contribution >= 0.6 is 0 Å². The van der Waals surface area contributed by atoms with E-state index in [1.807, 2.05) is 0 Å². The normalized spacial score (nSPS) is 10.3. The lowest BCUT2D eigenvalue weighted by atomic mass is 10.2. The number of pyridine rings is 1. The predicted octanol–water partition coefficient (Wildman–Crippen LogP) is 2.43. The molecule has 0 unspecified atom stereocenters. The quantitative estimate of drug-likeness (QED) is 0.589. The number of nitro groups is 1. The number of nitrogens with zero attached hydrogens (tertiary/aromatic N) is 4. The van der Waals surface area contributed by atoms with Crippen molar-refractivity contribution in [1.29, 1.82) is 0 Å². The highest BCUT2D eigenvalue weighted by Crippen LogP contribution is 2.18. The summed E-state index contributed by atoms with van der Waals surface area (Å²) >= 11 is 0. The van der Waals surface area contributed by atoms with Crippen LogP contribution in [0.25, 0.3) is 5.82 Å². The number of rotatable bonds is 4. The van der Waals surface area contributed by atoms with Crippen LogP contribution in [0.4, 0.5) is 11.4 Å². The fraction of sp³-hybridized carbons (Fsp3) is 0. The van der Waals surface area contributed by atoms with Crippen LogP contribution in [0.15, 0.2) is 61.1 Å². The number of non-ortho nitro benzene ring substituents is 1. The molecule has 1 amide bonds. The molecule has 3 aromatic rings. The summed E-state index contributed by atoms with van der Waals surface area (Å²) in [4.78, 5) is 26.6. The van der Waals surface area contributed by atoms with E-state index in [0.29, 0.717) is 17.1 Å². The van der Waals surface area contributed by atoms with Crippen molar-refractivity contribution in [2.75, 3.05) is 5.32 Å². The van der Waals surface area contributed by atoms with Gasteiger partial charge in [-0.3, -0.25) is 14.9 Å². The van der Waals surface area contributed by atoms with Gasteiger partial charge in [0.05, 0.1) is 10.6 Å². The number of benzene rings is 1. The Bertz CT molecular complexity index is 844. The van der Waals surface area contributed by atoms with Gasteiger partial charge in [-0.1, -0.05) is 0 Å². The topological polar surface area (TPSA) is 103 Å². The van der Waals surface area contributed by atoms with Crippen molar-refractivity contribution in [2.24, 2.45) is 0 Å². The van der Waals surface area contributed by atoms with Gasteiger partial charge in [-0.25, -0.2) is 9.67 Å². The number of carbonyl (C=O) groups is 1. The van der Waals surface area contributed by atoms with E-state index >= 15 is 0 Å².